The first-order valence-corrected chi connectivity index (χ1v) is 7.10. The molecule has 0 saturated carbocycles. The van der Waals surface area contributed by atoms with Gasteiger partial charge in [-0.1, -0.05) is 0 Å². The van der Waals surface area contributed by atoms with Crippen molar-refractivity contribution in [3.05, 3.63) is 23.3 Å². The van der Waals surface area contributed by atoms with Crippen LogP contribution in [0.5, 0.6) is 0 Å². The number of aromatic nitrogens is 4. The van der Waals surface area contributed by atoms with Crippen molar-refractivity contribution in [1.29, 1.82) is 0 Å². The van der Waals surface area contributed by atoms with E-state index >= 15 is 0 Å². The first-order valence-electron chi connectivity index (χ1n) is 7.10. The van der Waals surface area contributed by atoms with E-state index in [1.54, 1.807) is 9.42 Å². The molecule has 2 aromatic heterocycles. The number of rotatable bonds is 1. The molecule has 0 aromatic carbocycles. The molecule has 0 spiro atoms. The van der Waals surface area contributed by atoms with Crippen LogP contribution >= 0.6 is 0 Å². The SMILES string of the molecule is Cc1cc(C)n2nc(C(=O)N3CC(C)OC(C)C3)nc2n1. The molecule has 2 aromatic rings. The van der Waals surface area contributed by atoms with Crippen molar-refractivity contribution < 1.29 is 9.53 Å². The fourth-order valence-electron chi connectivity index (χ4n) is 2.74. The lowest BCUT2D eigenvalue weighted by Crippen LogP contribution is -2.48. The first-order chi connectivity index (χ1) is 9.94. The van der Waals surface area contributed by atoms with Crippen molar-refractivity contribution in [2.24, 2.45) is 0 Å². The van der Waals surface area contributed by atoms with Gasteiger partial charge in [-0.05, 0) is 33.8 Å². The van der Waals surface area contributed by atoms with Crippen LogP contribution in [0, 0.1) is 13.8 Å². The summed E-state index contributed by atoms with van der Waals surface area (Å²) in [5.74, 6) is 0.488. The highest BCUT2D eigenvalue weighted by Gasteiger charge is 2.29. The summed E-state index contributed by atoms with van der Waals surface area (Å²) in [5.41, 5.74) is 1.77. The molecule has 0 N–H and O–H groups in total. The van der Waals surface area contributed by atoms with Crippen molar-refractivity contribution in [3.8, 4) is 0 Å². The molecular weight excluding hydrogens is 270 g/mol. The molecule has 7 heteroatoms. The number of nitrogens with zero attached hydrogens (tertiary/aromatic N) is 5. The summed E-state index contributed by atoms with van der Waals surface area (Å²) < 4.78 is 7.25. The second-order valence-corrected chi connectivity index (χ2v) is 5.65. The minimum absolute atomic E-state index is 0.0248. The highest BCUT2D eigenvalue weighted by molar-refractivity contribution is 5.91. The number of amides is 1. The number of ether oxygens (including phenoxy) is 1. The van der Waals surface area contributed by atoms with Crippen LogP contribution in [-0.4, -0.2) is 55.7 Å². The van der Waals surface area contributed by atoms with E-state index in [2.05, 4.69) is 15.1 Å². The molecule has 21 heavy (non-hydrogen) atoms. The van der Waals surface area contributed by atoms with Crippen LogP contribution in [0.4, 0.5) is 0 Å². The maximum absolute atomic E-state index is 12.6. The number of fused-ring (bicyclic) bond motifs is 1. The summed E-state index contributed by atoms with van der Waals surface area (Å²) >= 11 is 0. The Kier molecular flexibility index (Phi) is 3.36. The summed E-state index contributed by atoms with van der Waals surface area (Å²) in [6, 6.07) is 1.91. The van der Waals surface area contributed by atoms with Gasteiger partial charge in [0.05, 0.1) is 12.2 Å². The maximum atomic E-state index is 12.6. The third-order valence-corrected chi connectivity index (χ3v) is 3.52. The normalized spacial score (nSPS) is 22.8. The third kappa shape index (κ3) is 2.61. The van der Waals surface area contributed by atoms with Gasteiger partial charge < -0.3 is 9.64 Å². The molecule has 3 heterocycles. The fourth-order valence-corrected chi connectivity index (χ4v) is 2.74. The number of morpholine rings is 1. The molecule has 1 saturated heterocycles. The molecule has 1 aliphatic rings. The molecule has 1 amide bonds. The molecular formula is C14H19N5O2. The summed E-state index contributed by atoms with van der Waals surface area (Å²) in [5, 5.41) is 4.29. The lowest BCUT2D eigenvalue weighted by molar-refractivity contribution is -0.0588. The van der Waals surface area contributed by atoms with Crippen molar-refractivity contribution >= 4 is 11.7 Å². The van der Waals surface area contributed by atoms with Gasteiger partial charge in [0.2, 0.25) is 5.82 Å². The van der Waals surface area contributed by atoms with Crippen LogP contribution in [0.25, 0.3) is 5.78 Å². The average molecular weight is 289 g/mol. The summed E-state index contributed by atoms with van der Waals surface area (Å²) in [6.07, 6.45) is 0.0497. The number of carbonyl (C=O) groups is 1. The van der Waals surface area contributed by atoms with Gasteiger partial charge in [-0.25, -0.2) is 9.50 Å². The number of aryl methyl sites for hydroxylation is 2. The maximum Gasteiger partial charge on any atom is 0.293 e. The molecule has 0 bridgehead atoms. The van der Waals surface area contributed by atoms with E-state index in [1.165, 1.54) is 0 Å². The van der Waals surface area contributed by atoms with E-state index in [-0.39, 0.29) is 23.9 Å². The Bertz CT molecular complexity index is 686. The van der Waals surface area contributed by atoms with E-state index in [1.807, 2.05) is 33.8 Å². The van der Waals surface area contributed by atoms with Gasteiger partial charge in [-0.15, -0.1) is 5.10 Å². The van der Waals surface area contributed by atoms with Crippen LogP contribution in [0.1, 0.15) is 35.9 Å². The Hall–Kier alpha value is -2.02. The monoisotopic (exact) mass is 289 g/mol. The molecule has 7 nitrogen and oxygen atoms in total. The van der Waals surface area contributed by atoms with E-state index < -0.39 is 0 Å². The van der Waals surface area contributed by atoms with Gasteiger partial charge in [0, 0.05) is 24.5 Å². The zero-order chi connectivity index (χ0) is 15.1. The summed E-state index contributed by atoms with van der Waals surface area (Å²) in [6.45, 7) is 8.86. The Balaban J connectivity index is 1.93. The van der Waals surface area contributed by atoms with Gasteiger partial charge in [0.1, 0.15) is 0 Å². The Morgan fingerprint density at radius 1 is 1.24 bits per heavy atom. The second kappa shape index (κ2) is 5.07. The zero-order valence-corrected chi connectivity index (χ0v) is 12.7. The quantitative estimate of drug-likeness (QED) is 0.783. The predicted molar refractivity (Wildman–Crippen MR) is 76.2 cm³/mol. The molecule has 2 atom stereocenters. The highest BCUT2D eigenvalue weighted by atomic mass is 16.5. The smallest absolute Gasteiger partial charge is 0.293 e. The van der Waals surface area contributed by atoms with Gasteiger partial charge in [0.15, 0.2) is 0 Å². The predicted octanol–water partition coefficient (Wildman–Crippen LogP) is 0.991. The Labute approximate surface area is 122 Å². The van der Waals surface area contributed by atoms with Crippen LogP contribution in [0.2, 0.25) is 0 Å². The first kappa shape index (κ1) is 13.9. The van der Waals surface area contributed by atoms with Gasteiger partial charge >= 0.3 is 0 Å². The van der Waals surface area contributed by atoms with Crippen molar-refractivity contribution in [3.63, 3.8) is 0 Å². The zero-order valence-electron chi connectivity index (χ0n) is 12.7. The number of carbonyl (C=O) groups excluding carboxylic acids is 1. The molecule has 1 aliphatic heterocycles. The van der Waals surface area contributed by atoms with Gasteiger partial charge in [0.25, 0.3) is 11.7 Å². The van der Waals surface area contributed by atoms with Crippen LogP contribution in [0.15, 0.2) is 6.07 Å². The molecule has 112 valence electrons. The topological polar surface area (TPSA) is 72.6 Å². The summed E-state index contributed by atoms with van der Waals surface area (Å²) in [4.78, 5) is 22.9. The van der Waals surface area contributed by atoms with Crippen molar-refractivity contribution in [2.75, 3.05) is 13.1 Å². The Morgan fingerprint density at radius 3 is 2.57 bits per heavy atom. The lowest BCUT2D eigenvalue weighted by atomic mass is 10.2. The minimum Gasteiger partial charge on any atom is -0.372 e. The average Bonchev–Trinajstić information content (AvgIpc) is 2.80. The largest absolute Gasteiger partial charge is 0.372 e. The number of hydrogen-bond donors (Lipinski definition) is 0. The molecule has 2 unspecified atom stereocenters. The third-order valence-electron chi connectivity index (χ3n) is 3.52. The van der Waals surface area contributed by atoms with E-state index in [9.17, 15) is 4.79 Å². The van der Waals surface area contributed by atoms with E-state index in [0.29, 0.717) is 18.9 Å². The van der Waals surface area contributed by atoms with Crippen LogP contribution < -0.4 is 0 Å². The number of hydrogen-bond acceptors (Lipinski definition) is 5. The van der Waals surface area contributed by atoms with E-state index in [0.717, 1.165) is 11.4 Å². The molecule has 1 fully saturated rings. The Morgan fingerprint density at radius 2 is 1.90 bits per heavy atom. The standard InChI is InChI=1S/C14H19N5O2/c1-8-5-9(2)19-14(15-8)16-12(17-19)13(20)18-6-10(3)21-11(4)7-18/h5,10-11H,6-7H2,1-4H3. The van der Waals surface area contributed by atoms with Crippen LogP contribution in [0.3, 0.4) is 0 Å². The van der Waals surface area contributed by atoms with Gasteiger partial charge in [-0.3, -0.25) is 4.79 Å². The summed E-state index contributed by atoms with van der Waals surface area (Å²) in [7, 11) is 0. The minimum atomic E-state index is -0.167. The molecule has 3 rings (SSSR count). The lowest BCUT2D eigenvalue weighted by Gasteiger charge is -2.34. The van der Waals surface area contributed by atoms with E-state index in [4.69, 9.17) is 4.74 Å². The van der Waals surface area contributed by atoms with Crippen molar-refractivity contribution in [2.45, 2.75) is 39.9 Å². The van der Waals surface area contributed by atoms with Crippen molar-refractivity contribution in [1.82, 2.24) is 24.5 Å². The van der Waals surface area contributed by atoms with Gasteiger partial charge in [-0.2, -0.15) is 4.98 Å². The second-order valence-electron chi connectivity index (χ2n) is 5.65. The highest BCUT2D eigenvalue weighted by Crippen LogP contribution is 2.14. The molecule has 0 radical (unpaired) electrons. The molecule has 0 aliphatic carbocycles. The fraction of sp³-hybridized carbons (Fsp3) is 0.571. The van der Waals surface area contributed by atoms with Crippen LogP contribution in [-0.2, 0) is 4.74 Å².